The van der Waals surface area contributed by atoms with E-state index in [4.69, 9.17) is 4.74 Å². The van der Waals surface area contributed by atoms with E-state index < -0.39 is 6.10 Å². The topological polar surface area (TPSA) is 53.0 Å². The van der Waals surface area contributed by atoms with Crippen LogP contribution in [0, 0.1) is 0 Å². The van der Waals surface area contributed by atoms with Crippen molar-refractivity contribution in [1.82, 2.24) is 4.90 Å². The number of ether oxygens (including phenoxy) is 1. The third-order valence-corrected chi connectivity index (χ3v) is 7.53. The van der Waals surface area contributed by atoms with Crippen molar-refractivity contribution in [3.63, 3.8) is 0 Å². The van der Waals surface area contributed by atoms with Gasteiger partial charge in [-0.3, -0.25) is 9.69 Å². The number of hydrogen-bond acceptors (Lipinski definition) is 5. The van der Waals surface area contributed by atoms with E-state index in [0.29, 0.717) is 23.4 Å². The van der Waals surface area contributed by atoms with E-state index >= 15 is 0 Å². The predicted octanol–water partition coefficient (Wildman–Crippen LogP) is 6.21. The first kappa shape index (κ1) is 27.7. The van der Waals surface area contributed by atoms with Gasteiger partial charge in [0.15, 0.2) is 5.78 Å². The Balaban J connectivity index is 0.00000323. The van der Waals surface area contributed by atoms with Gasteiger partial charge in [-0.25, -0.2) is 0 Å². The van der Waals surface area contributed by atoms with Gasteiger partial charge in [0.1, 0.15) is 18.5 Å². The fourth-order valence-corrected chi connectivity index (χ4v) is 5.47. The van der Waals surface area contributed by atoms with Crippen LogP contribution in [0.1, 0.15) is 15.9 Å². The van der Waals surface area contributed by atoms with Gasteiger partial charge in [0.2, 0.25) is 0 Å². The molecule has 5 nitrogen and oxygen atoms in total. The number of carbonyl (C=O) groups excluding carboxylic acids is 1. The van der Waals surface area contributed by atoms with Gasteiger partial charge < -0.3 is 14.7 Å². The van der Waals surface area contributed by atoms with Gasteiger partial charge in [0, 0.05) is 49.5 Å². The summed E-state index contributed by atoms with van der Waals surface area (Å²) in [4.78, 5) is 18.2. The summed E-state index contributed by atoms with van der Waals surface area (Å²) in [7, 11) is 0. The van der Waals surface area contributed by atoms with Crippen molar-refractivity contribution >= 4 is 45.4 Å². The minimum Gasteiger partial charge on any atom is -0.491 e. The number of ketones is 1. The molecule has 0 bridgehead atoms. The molecule has 6 rings (SSSR count). The molecular weight excluding hydrogens is 520 g/mol. The molecule has 204 valence electrons. The molecule has 0 radical (unpaired) electrons. The number of aliphatic hydroxyl groups is 1. The van der Waals surface area contributed by atoms with Crippen molar-refractivity contribution in [3.8, 4) is 5.75 Å². The quantitative estimate of drug-likeness (QED) is 0.183. The van der Waals surface area contributed by atoms with Crippen LogP contribution in [0.3, 0.4) is 0 Å². The Kier molecular flexibility index (Phi) is 8.66. The number of aliphatic hydroxyl groups excluding tert-OH is 1. The molecule has 1 unspecified atom stereocenters. The first-order valence-electron chi connectivity index (χ1n) is 13.5. The number of β-amino-alcohol motifs (C(OH)–C–C–N with tert-alkyl or cyclic N) is 1. The zero-order valence-electron chi connectivity index (χ0n) is 22.3. The lowest BCUT2D eigenvalue weighted by Gasteiger charge is -2.36. The van der Waals surface area contributed by atoms with Gasteiger partial charge in [-0.2, -0.15) is 0 Å². The van der Waals surface area contributed by atoms with E-state index in [-0.39, 0.29) is 24.8 Å². The zero-order valence-corrected chi connectivity index (χ0v) is 23.1. The fraction of sp³-hybridized carbons (Fsp3) is 0.206. The molecule has 1 aliphatic rings. The van der Waals surface area contributed by atoms with Gasteiger partial charge in [-0.1, -0.05) is 66.7 Å². The van der Waals surface area contributed by atoms with E-state index in [2.05, 4.69) is 46.2 Å². The first-order valence-corrected chi connectivity index (χ1v) is 13.5. The van der Waals surface area contributed by atoms with Crippen LogP contribution in [-0.2, 0) is 0 Å². The molecule has 6 heteroatoms. The van der Waals surface area contributed by atoms with E-state index in [1.807, 2.05) is 60.7 Å². The summed E-state index contributed by atoms with van der Waals surface area (Å²) < 4.78 is 5.87. The number of rotatable bonds is 8. The van der Waals surface area contributed by atoms with Crippen molar-refractivity contribution in [1.29, 1.82) is 0 Å². The highest BCUT2D eigenvalue weighted by molar-refractivity contribution is 6.22. The largest absolute Gasteiger partial charge is 0.491 e. The van der Waals surface area contributed by atoms with Crippen molar-refractivity contribution in [2.24, 2.45) is 0 Å². The van der Waals surface area contributed by atoms with E-state index in [1.54, 1.807) is 12.1 Å². The second-order valence-electron chi connectivity index (χ2n) is 10.1. The molecule has 0 aliphatic carbocycles. The summed E-state index contributed by atoms with van der Waals surface area (Å²) in [5.74, 6) is 0.626. The van der Waals surface area contributed by atoms with Gasteiger partial charge in [-0.15, -0.1) is 12.4 Å². The second kappa shape index (κ2) is 12.5. The SMILES string of the molecule is Cl.O=C(c1ccc(OCC(O)CN2CCN(c3ccccc3)CC2)cc1)c1cc2ccccc2c2ccccc12. The third kappa shape index (κ3) is 5.97. The lowest BCUT2D eigenvalue weighted by Crippen LogP contribution is -2.49. The van der Waals surface area contributed by atoms with Crippen LogP contribution < -0.4 is 9.64 Å². The number of hydrogen-bond donors (Lipinski definition) is 1. The lowest BCUT2D eigenvalue weighted by atomic mass is 9.93. The standard InChI is InChI=1S/C34H32N2O3.ClH/c37-28(23-35-18-20-36(21-19-35)27-9-2-1-3-10-27)24-39-29-16-14-25(15-17-29)34(38)33-22-26-8-4-5-11-30(26)31-12-6-7-13-32(31)33;/h1-17,22,28,37H,18-21,23-24H2;1H. The highest BCUT2D eigenvalue weighted by Gasteiger charge is 2.20. The lowest BCUT2D eigenvalue weighted by molar-refractivity contribution is 0.0663. The molecule has 0 saturated carbocycles. The Morgan fingerprint density at radius 2 is 1.38 bits per heavy atom. The molecule has 5 aromatic carbocycles. The molecule has 1 fully saturated rings. The molecule has 1 heterocycles. The van der Waals surface area contributed by atoms with Gasteiger partial charge in [0.05, 0.1) is 0 Å². The van der Waals surface area contributed by atoms with Gasteiger partial charge in [-0.05, 0) is 64.0 Å². The van der Waals surface area contributed by atoms with Crippen LogP contribution >= 0.6 is 12.4 Å². The second-order valence-corrected chi connectivity index (χ2v) is 10.1. The maximum absolute atomic E-state index is 13.5. The van der Waals surface area contributed by atoms with Crippen LogP contribution in [0.2, 0.25) is 0 Å². The normalized spacial score (nSPS) is 14.6. The highest BCUT2D eigenvalue weighted by atomic mass is 35.5. The van der Waals surface area contributed by atoms with Crippen LogP contribution in [-0.4, -0.2) is 61.2 Å². The zero-order chi connectivity index (χ0) is 26.6. The summed E-state index contributed by atoms with van der Waals surface area (Å²) in [6.45, 7) is 4.49. The molecule has 1 saturated heterocycles. The first-order chi connectivity index (χ1) is 19.2. The Morgan fingerprint density at radius 1 is 0.750 bits per heavy atom. The van der Waals surface area contributed by atoms with Crippen LogP contribution in [0.15, 0.2) is 109 Å². The molecule has 1 atom stereocenters. The number of fused-ring (bicyclic) bond motifs is 3. The molecule has 5 aromatic rings. The minimum atomic E-state index is -0.585. The summed E-state index contributed by atoms with van der Waals surface area (Å²) in [6.07, 6.45) is -0.585. The summed E-state index contributed by atoms with van der Waals surface area (Å²) >= 11 is 0. The van der Waals surface area contributed by atoms with Crippen molar-refractivity contribution in [2.75, 3.05) is 44.2 Å². The highest BCUT2D eigenvalue weighted by Crippen LogP contribution is 2.30. The number of nitrogens with zero attached hydrogens (tertiary/aromatic N) is 2. The third-order valence-electron chi connectivity index (χ3n) is 7.53. The van der Waals surface area contributed by atoms with Gasteiger partial charge >= 0.3 is 0 Å². The fourth-order valence-electron chi connectivity index (χ4n) is 5.47. The van der Waals surface area contributed by atoms with Crippen LogP contribution in [0.5, 0.6) is 5.75 Å². The summed E-state index contributed by atoms with van der Waals surface area (Å²) in [5, 5.41) is 14.8. The Bertz CT molecular complexity index is 1580. The van der Waals surface area contributed by atoms with Crippen molar-refractivity contribution < 1.29 is 14.6 Å². The molecule has 1 N–H and O–H groups in total. The van der Waals surface area contributed by atoms with Crippen molar-refractivity contribution in [3.05, 3.63) is 120 Å². The summed E-state index contributed by atoms with van der Waals surface area (Å²) in [6, 6.07) is 35.9. The molecule has 1 aliphatic heterocycles. The number of para-hydroxylation sites is 1. The molecule has 0 spiro atoms. The average molecular weight is 553 g/mol. The average Bonchev–Trinajstić information content (AvgIpc) is 3.00. The Labute approximate surface area is 241 Å². The maximum atomic E-state index is 13.5. The van der Waals surface area contributed by atoms with Crippen LogP contribution in [0.25, 0.3) is 21.5 Å². The number of piperazine rings is 1. The molecule has 0 aromatic heterocycles. The molecule has 0 amide bonds. The monoisotopic (exact) mass is 552 g/mol. The van der Waals surface area contributed by atoms with E-state index in [0.717, 1.165) is 47.7 Å². The Morgan fingerprint density at radius 3 is 2.10 bits per heavy atom. The number of anilines is 1. The van der Waals surface area contributed by atoms with E-state index in [9.17, 15) is 9.90 Å². The minimum absolute atomic E-state index is 0. The number of halogens is 1. The number of benzene rings is 5. The maximum Gasteiger partial charge on any atom is 0.193 e. The molecule has 40 heavy (non-hydrogen) atoms. The number of carbonyl (C=O) groups is 1. The smallest absolute Gasteiger partial charge is 0.193 e. The van der Waals surface area contributed by atoms with Crippen LogP contribution in [0.4, 0.5) is 5.69 Å². The molecular formula is C34H33ClN2O3. The Hall–Kier alpha value is -3.90. The summed E-state index contributed by atoms with van der Waals surface area (Å²) in [5.41, 5.74) is 2.55. The predicted molar refractivity (Wildman–Crippen MR) is 165 cm³/mol. The van der Waals surface area contributed by atoms with Gasteiger partial charge in [0.25, 0.3) is 0 Å². The van der Waals surface area contributed by atoms with E-state index in [1.165, 1.54) is 5.69 Å². The van der Waals surface area contributed by atoms with Crippen molar-refractivity contribution in [2.45, 2.75) is 6.10 Å².